The molecule has 1 aromatic rings. The Kier molecular flexibility index (Phi) is 5.58. The fourth-order valence-corrected chi connectivity index (χ4v) is 1.48. The van der Waals surface area contributed by atoms with Crippen molar-refractivity contribution in [2.45, 2.75) is 25.9 Å². The van der Waals surface area contributed by atoms with Gasteiger partial charge in [-0.1, -0.05) is 0 Å². The van der Waals surface area contributed by atoms with Gasteiger partial charge >= 0.3 is 5.97 Å². The van der Waals surface area contributed by atoms with Crippen LogP contribution in [0, 0.1) is 5.82 Å². The molecule has 0 aromatic heterocycles. The molecule has 0 bridgehead atoms. The molecule has 1 N–H and O–H groups in total. The van der Waals surface area contributed by atoms with Crippen molar-refractivity contribution in [3.05, 3.63) is 29.6 Å². The minimum atomic E-state index is -0.735. The first kappa shape index (κ1) is 14.4. The summed E-state index contributed by atoms with van der Waals surface area (Å²) in [4.78, 5) is 10.9. The van der Waals surface area contributed by atoms with Crippen LogP contribution in [0.2, 0.25) is 0 Å². The van der Waals surface area contributed by atoms with Crippen LogP contribution in [0.1, 0.15) is 31.4 Å². The first-order valence-electron chi connectivity index (χ1n) is 5.71. The maximum Gasteiger partial charge on any atom is 0.305 e. The number of aliphatic hydroxyl groups excluding tert-OH is 1. The van der Waals surface area contributed by atoms with Gasteiger partial charge in [0.1, 0.15) is 11.6 Å². The van der Waals surface area contributed by atoms with E-state index in [0.29, 0.717) is 17.7 Å². The molecule has 100 valence electrons. The van der Waals surface area contributed by atoms with Crippen molar-refractivity contribution in [3.63, 3.8) is 0 Å². The van der Waals surface area contributed by atoms with Crippen LogP contribution >= 0.6 is 0 Å². The molecule has 0 aliphatic heterocycles. The van der Waals surface area contributed by atoms with Gasteiger partial charge in [0.25, 0.3) is 0 Å². The maximum atomic E-state index is 13.1. The molecule has 0 radical (unpaired) electrons. The molecule has 0 spiro atoms. The summed E-state index contributed by atoms with van der Waals surface area (Å²) < 4.78 is 22.9. The van der Waals surface area contributed by atoms with E-state index in [1.54, 1.807) is 6.92 Å². The Hall–Kier alpha value is -1.62. The number of esters is 1. The molecule has 0 aliphatic rings. The van der Waals surface area contributed by atoms with Crippen molar-refractivity contribution in [3.8, 4) is 5.75 Å². The molecule has 0 amide bonds. The second-order valence-electron chi connectivity index (χ2n) is 3.89. The number of hydrogen-bond donors (Lipinski definition) is 1. The van der Waals surface area contributed by atoms with E-state index in [0.717, 1.165) is 0 Å². The van der Waals surface area contributed by atoms with Gasteiger partial charge in [-0.3, -0.25) is 4.79 Å². The fraction of sp³-hybridized carbons (Fsp3) is 0.462. The van der Waals surface area contributed by atoms with Crippen LogP contribution in [0.4, 0.5) is 4.39 Å². The number of carbonyl (C=O) groups is 1. The predicted octanol–water partition coefficient (Wildman–Crippen LogP) is 2.21. The highest BCUT2D eigenvalue weighted by atomic mass is 19.1. The SMILES string of the molecule is COC(=O)CCCOc1cc(F)ccc1[C@@H](C)O. The van der Waals surface area contributed by atoms with Gasteiger partial charge in [-0.15, -0.1) is 0 Å². The Morgan fingerprint density at radius 2 is 2.22 bits per heavy atom. The molecule has 0 fully saturated rings. The van der Waals surface area contributed by atoms with Crippen LogP contribution in [0.25, 0.3) is 0 Å². The van der Waals surface area contributed by atoms with Crippen molar-refractivity contribution in [2.24, 2.45) is 0 Å². The number of halogens is 1. The van der Waals surface area contributed by atoms with Crippen LogP contribution in [0.15, 0.2) is 18.2 Å². The first-order chi connectivity index (χ1) is 8.54. The number of methoxy groups -OCH3 is 1. The van der Waals surface area contributed by atoms with Crippen LogP contribution in [-0.2, 0) is 9.53 Å². The van der Waals surface area contributed by atoms with E-state index in [4.69, 9.17) is 4.74 Å². The summed E-state index contributed by atoms with van der Waals surface area (Å²) in [5.74, 6) is -0.439. The number of aliphatic hydroxyl groups is 1. The first-order valence-corrected chi connectivity index (χ1v) is 5.71. The topological polar surface area (TPSA) is 55.8 Å². The smallest absolute Gasteiger partial charge is 0.305 e. The van der Waals surface area contributed by atoms with E-state index in [1.165, 1.54) is 25.3 Å². The molecule has 0 saturated carbocycles. The highest BCUT2D eigenvalue weighted by Gasteiger charge is 2.10. The molecular formula is C13H17FO4. The average molecular weight is 256 g/mol. The molecule has 5 heteroatoms. The summed E-state index contributed by atoms with van der Waals surface area (Å²) in [6.07, 6.45) is -0.0145. The normalized spacial score (nSPS) is 12.0. The third kappa shape index (κ3) is 4.33. The lowest BCUT2D eigenvalue weighted by Gasteiger charge is -2.13. The van der Waals surface area contributed by atoms with Gasteiger partial charge < -0.3 is 14.6 Å². The number of rotatable bonds is 6. The zero-order valence-corrected chi connectivity index (χ0v) is 10.5. The molecule has 18 heavy (non-hydrogen) atoms. The molecule has 1 atom stereocenters. The van der Waals surface area contributed by atoms with Gasteiger partial charge in [-0.05, 0) is 25.5 Å². The quantitative estimate of drug-likeness (QED) is 0.626. The van der Waals surface area contributed by atoms with Gasteiger partial charge in [-0.25, -0.2) is 4.39 Å². The third-order valence-electron chi connectivity index (χ3n) is 2.44. The van der Waals surface area contributed by atoms with Gasteiger partial charge in [0, 0.05) is 18.1 Å². The summed E-state index contributed by atoms with van der Waals surface area (Å²) >= 11 is 0. The second kappa shape index (κ2) is 6.96. The summed E-state index contributed by atoms with van der Waals surface area (Å²) in [7, 11) is 1.32. The zero-order valence-electron chi connectivity index (χ0n) is 10.5. The van der Waals surface area contributed by atoms with E-state index in [-0.39, 0.29) is 19.0 Å². The maximum absolute atomic E-state index is 13.1. The predicted molar refractivity (Wildman–Crippen MR) is 63.8 cm³/mol. The van der Waals surface area contributed by atoms with Crippen molar-refractivity contribution in [1.29, 1.82) is 0 Å². The van der Waals surface area contributed by atoms with E-state index in [9.17, 15) is 14.3 Å². The Morgan fingerprint density at radius 1 is 1.50 bits per heavy atom. The van der Waals surface area contributed by atoms with E-state index in [2.05, 4.69) is 4.74 Å². The largest absolute Gasteiger partial charge is 0.493 e. The van der Waals surface area contributed by atoms with E-state index < -0.39 is 11.9 Å². The van der Waals surface area contributed by atoms with Crippen molar-refractivity contribution in [2.75, 3.05) is 13.7 Å². The van der Waals surface area contributed by atoms with Crippen LogP contribution in [-0.4, -0.2) is 24.8 Å². The average Bonchev–Trinajstić information content (AvgIpc) is 2.34. The molecule has 1 rings (SSSR count). The van der Waals surface area contributed by atoms with Crippen molar-refractivity contribution >= 4 is 5.97 Å². The number of benzene rings is 1. The van der Waals surface area contributed by atoms with Crippen LogP contribution in [0.3, 0.4) is 0 Å². The monoisotopic (exact) mass is 256 g/mol. The molecule has 4 nitrogen and oxygen atoms in total. The summed E-state index contributed by atoms with van der Waals surface area (Å²) in [5, 5.41) is 9.50. The van der Waals surface area contributed by atoms with Gasteiger partial charge in [0.05, 0.1) is 19.8 Å². The molecule has 1 aromatic carbocycles. The molecule has 0 unspecified atom stereocenters. The Morgan fingerprint density at radius 3 is 2.83 bits per heavy atom. The fourth-order valence-electron chi connectivity index (χ4n) is 1.48. The van der Waals surface area contributed by atoms with Gasteiger partial charge in [-0.2, -0.15) is 0 Å². The van der Waals surface area contributed by atoms with E-state index >= 15 is 0 Å². The van der Waals surface area contributed by atoms with E-state index in [1.807, 2.05) is 0 Å². The minimum absolute atomic E-state index is 0.246. The molecule has 0 saturated heterocycles. The number of hydrogen-bond acceptors (Lipinski definition) is 4. The molecule has 0 heterocycles. The summed E-state index contributed by atoms with van der Waals surface area (Å²) in [6, 6.07) is 3.97. The standard InChI is InChI=1S/C13H17FO4/c1-9(15)11-6-5-10(14)8-12(11)18-7-3-4-13(16)17-2/h5-6,8-9,15H,3-4,7H2,1-2H3/t9-/m1/s1. The third-order valence-corrected chi connectivity index (χ3v) is 2.44. The number of ether oxygens (including phenoxy) is 2. The van der Waals surface area contributed by atoms with Gasteiger partial charge in [0.2, 0.25) is 0 Å². The van der Waals surface area contributed by atoms with Gasteiger partial charge in [0.15, 0.2) is 0 Å². The Bertz CT molecular complexity index is 404. The highest BCUT2D eigenvalue weighted by Crippen LogP contribution is 2.26. The lowest BCUT2D eigenvalue weighted by atomic mass is 10.1. The molecular weight excluding hydrogens is 239 g/mol. The van der Waals surface area contributed by atoms with Crippen molar-refractivity contribution < 1.29 is 23.8 Å². The lowest BCUT2D eigenvalue weighted by Crippen LogP contribution is -2.06. The Balaban J connectivity index is 2.55. The second-order valence-corrected chi connectivity index (χ2v) is 3.89. The zero-order chi connectivity index (χ0) is 13.5. The van der Waals surface area contributed by atoms with Crippen molar-refractivity contribution in [1.82, 2.24) is 0 Å². The Labute approximate surface area is 105 Å². The van der Waals surface area contributed by atoms with Crippen LogP contribution in [0.5, 0.6) is 5.75 Å². The molecule has 0 aliphatic carbocycles. The van der Waals surface area contributed by atoms with Crippen LogP contribution < -0.4 is 4.74 Å². The summed E-state index contributed by atoms with van der Waals surface area (Å²) in [5.41, 5.74) is 0.523. The number of carbonyl (C=O) groups excluding carboxylic acids is 1. The highest BCUT2D eigenvalue weighted by molar-refractivity contribution is 5.69. The minimum Gasteiger partial charge on any atom is -0.493 e. The lowest BCUT2D eigenvalue weighted by molar-refractivity contribution is -0.140. The summed E-state index contributed by atoms with van der Waals surface area (Å²) in [6.45, 7) is 1.84.